The average Bonchev–Trinajstić information content (AvgIpc) is 2.99. The Morgan fingerprint density at radius 1 is 1.38 bits per heavy atom. The van der Waals surface area contributed by atoms with Gasteiger partial charge in [-0.25, -0.2) is 0 Å². The standard InChI is InChI=1S/C11H20N2O3/c12-6-2-1-3-10(14)13-9(7-11(15)16)8-4-5-8/h8-9H,1-7,12H2,(H,13,14)(H,15,16). The molecule has 92 valence electrons. The molecule has 1 aliphatic carbocycles. The van der Waals surface area contributed by atoms with Gasteiger partial charge in [-0.15, -0.1) is 0 Å². The Balaban J connectivity index is 2.24. The monoisotopic (exact) mass is 228 g/mol. The molecule has 0 aromatic heterocycles. The first-order valence-electron chi connectivity index (χ1n) is 5.84. The highest BCUT2D eigenvalue weighted by Gasteiger charge is 2.33. The van der Waals surface area contributed by atoms with E-state index in [-0.39, 0.29) is 18.4 Å². The molecule has 1 fully saturated rings. The summed E-state index contributed by atoms with van der Waals surface area (Å²) in [6.45, 7) is 0.592. The predicted octanol–water partition coefficient (Wildman–Crippen LogP) is 0.485. The fourth-order valence-corrected chi connectivity index (χ4v) is 1.73. The predicted molar refractivity (Wildman–Crippen MR) is 59.8 cm³/mol. The van der Waals surface area contributed by atoms with Gasteiger partial charge >= 0.3 is 5.97 Å². The summed E-state index contributed by atoms with van der Waals surface area (Å²) >= 11 is 0. The molecule has 5 heteroatoms. The summed E-state index contributed by atoms with van der Waals surface area (Å²) in [6.07, 6.45) is 4.14. The summed E-state index contributed by atoms with van der Waals surface area (Å²) in [4.78, 5) is 22.1. The third-order valence-electron chi connectivity index (χ3n) is 2.79. The second kappa shape index (κ2) is 6.48. The highest BCUT2D eigenvalue weighted by molar-refractivity contribution is 5.77. The van der Waals surface area contributed by atoms with Crippen LogP contribution >= 0.6 is 0 Å². The van der Waals surface area contributed by atoms with Crippen LogP contribution in [-0.2, 0) is 9.59 Å². The lowest BCUT2D eigenvalue weighted by Crippen LogP contribution is -2.38. The summed E-state index contributed by atoms with van der Waals surface area (Å²) in [5.41, 5.74) is 5.33. The minimum Gasteiger partial charge on any atom is -0.481 e. The summed E-state index contributed by atoms with van der Waals surface area (Å²) < 4.78 is 0. The van der Waals surface area contributed by atoms with E-state index in [1.165, 1.54) is 0 Å². The Morgan fingerprint density at radius 2 is 2.06 bits per heavy atom. The third-order valence-corrected chi connectivity index (χ3v) is 2.79. The molecule has 0 spiro atoms. The first-order chi connectivity index (χ1) is 7.63. The van der Waals surface area contributed by atoms with Crippen LogP contribution in [-0.4, -0.2) is 29.6 Å². The van der Waals surface area contributed by atoms with Gasteiger partial charge in [-0.2, -0.15) is 0 Å². The van der Waals surface area contributed by atoms with E-state index in [1.54, 1.807) is 0 Å². The second-order valence-corrected chi connectivity index (χ2v) is 4.36. The highest BCUT2D eigenvalue weighted by Crippen LogP contribution is 2.34. The van der Waals surface area contributed by atoms with Gasteiger partial charge in [0.25, 0.3) is 0 Å². The van der Waals surface area contributed by atoms with Crippen molar-refractivity contribution < 1.29 is 14.7 Å². The van der Waals surface area contributed by atoms with Crippen molar-refractivity contribution in [2.24, 2.45) is 11.7 Å². The second-order valence-electron chi connectivity index (χ2n) is 4.36. The van der Waals surface area contributed by atoms with Gasteiger partial charge in [-0.1, -0.05) is 0 Å². The number of hydrogen-bond donors (Lipinski definition) is 3. The van der Waals surface area contributed by atoms with Crippen molar-refractivity contribution in [1.82, 2.24) is 5.32 Å². The van der Waals surface area contributed by atoms with E-state index in [0.717, 1.165) is 25.7 Å². The van der Waals surface area contributed by atoms with Crippen molar-refractivity contribution in [1.29, 1.82) is 0 Å². The van der Waals surface area contributed by atoms with E-state index in [9.17, 15) is 9.59 Å². The molecule has 1 rings (SSSR count). The van der Waals surface area contributed by atoms with Gasteiger partial charge in [0.05, 0.1) is 6.42 Å². The molecule has 1 aliphatic rings. The largest absolute Gasteiger partial charge is 0.481 e. The number of carboxylic acids is 1. The Morgan fingerprint density at radius 3 is 2.56 bits per heavy atom. The van der Waals surface area contributed by atoms with Gasteiger partial charge < -0.3 is 16.2 Å². The number of rotatable bonds is 8. The first kappa shape index (κ1) is 13.0. The number of aliphatic carboxylic acids is 1. The van der Waals surface area contributed by atoms with E-state index in [0.29, 0.717) is 18.9 Å². The molecule has 0 aromatic carbocycles. The zero-order chi connectivity index (χ0) is 12.0. The Kier molecular flexibility index (Phi) is 5.25. The quantitative estimate of drug-likeness (QED) is 0.527. The molecule has 1 saturated carbocycles. The molecule has 0 aliphatic heterocycles. The van der Waals surface area contributed by atoms with Crippen LogP contribution in [0.25, 0.3) is 0 Å². The summed E-state index contributed by atoms with van der Waals surface area (Å²) in [5, 5.41) is 11.5. The van der Waals surface area contributed by atoms with Crippen molar-refractivity contribution in [2.75, 3.05) is 6.54 Å². The number of amides is 1. The highest BCUT2D eigenvalue weighted by atomic mass is 16.4. The molecule has 1 unspecified atom stereocenters. The lowest BCUT2D eigenvalue weighted by molar-refractivity contribution is -0.137. The normalized spacial score (nSPS) is 16.8. The van der Waals surface area contributed by atoms with Crippen LogP contribution in [0.3, 0.4) is 0 Å². The van der Waals surface area contributed by atoms with Crippen molar-refractivity contribution in [3.8, 4) is 0 Å². The van der Waals surface area contributed by atoms with Crippen LogP contribution in [0.5, 0.6) is 0 Å². The molecule has 0 radical (unpaired) electrons. The van der Waals surface area contributed by atoms with Crippen molar-refractivity contribution in [3.63, 3.8) is 0 Å². The Hall–Kier alpha value is -1.10. The third kappa shape index (κ3) is 5.11. The smallest absolute Gasteiger partial charge is 0.305 e. The summed E-state index contributed by atoms with van der Waals surface area (Å²) in [6, 6.07) is -0.178. The molecular formula is C11H20N2O3. The van der Waals surface area contributed by atoms with Gasteiger partial charge in [-0.3, -0.25) is 9.59 Å². The molecule has 16 heavy (non-hydrogen) atoms. The van der Waals surface area contributed by atoms with E-state index in [2.05, 4.69) is 5.32 Å². The van der Waals surface area contributed by atoms with Crippen LogP contribution in [0.1, 0.15) is 38.5 Å². The number of hydrogen-bond acceptors (Lipinski definition) is 3. The molecule has 0 aromatic rings. The molecule has 5 nitrogen and oxygen atoms in total. The molecule has 0 saturated heterocycles. The molecule has 1 atom stereocenters. The maximum atomic E-state index is 11.5. The van der Waals surface area contributed by atoms with Crippen LogP contribution in [0.2, 0.25) is 0 Å². The minimum absolute atomic E-state index is 0.0350. The molecular weight excluding hydrogens is 208 g/mol. The molecule has 0 bridgehead atoms. The number of carbonyl (C=O) groups excluding carboxylic acids is 1. The van der Waals surface area contributed by atoms with E-state index in [1.807, 2.05) is 0 Å². The number of nitrogens with two attached hydrogens (primary N) is 1. The number of carbonyl (C=O) groups is 2. The lowest BCUT2D eigenvalue weighted by atomic mass is 10.1. The van der Waals surface area contributed by atoms with Crippen LogP contribution < -0.4 is 11.1 Å². The fourth-order valence-electron chi connectivity index (χ4n) is 1.73. The van der Waals surface area contributed by atoms with Crippen LogP contribution in [0.4, 0.5) is 0 Å². The van der Waals surface area contributed by atoms with E-state index in [4.69, 9.17) is 10.8 Å². The maximum Gasteiger partial charge on any atom is 0.305 e. The minimum atomic E-state index is -0.848. The van der Waals surface area contributed by atoms with Crippen LogP contribution in [0, 0.1) is 5.92 Å². The van der Waals surface area contributed by atoms with Gasteiger partial charge in [-0.05, 0) is 38.1 Å². The first-order valence-corrected chi connectivity index (χ1v) is 5.84. The topological polar surface area (TPSA) is 92.4 Å². The zero-order valence-corrected chi connectivity index (χ0v) is 9.45. The Bertz CT molecular complexity index is 252. The number of unbranched alkanes of at least 4 members (excludes halogenated alkanes) is 1. The van der Waals surface area contributed by atoms with Crippen molar-refractivity contribution in [2.45, 2.75) is 44.6 Å². The Labute approximate surface area is 95.4 Å². The van der Waals surface area contributed by atoms with Gasteiger partial charge in [0.15, 0.2) is 0 Å². The summed E-state index contributed by atoms with van der Waals surface area (Å²) in [7, 11) is 0. The van der Waals surface area contributed by atoms with Gasteiger partial charge in [0.2, 0.25) is 5.91 Å². The zero-order valence-electron chi connectivity index (χ0n) is 9.45. The SMILES string of the molecule is NCCCCC(=O)NC(CC(=O)O)C1CC1. The van der Waals surface area contributed by atoms with Crippen molar-refractivity contribution >= 4 is 11.9 Å². The van der Waals surface area contributed by atoms with Gasteiger partial charge in [0, 0.05) is 12.5 Å². The summed E-state index contributed by atoms with van der Waals surface area (Å²) in [5.74, 6) is -0.527. The molecule has 1 amide bonds. The fraction of sp³-hybridized carbons (Fsp3) is 0.818. The molecule has 4 N–H and O–H groups in total. The number of carboxylic acid groups (broad SMARTS) is 1. The molecule has 0 heterocycles. The number of nitrogens with one attached hydrogen (secondary N) is 1. The van der Waals surface area contributed by atoms with E-state index >= 15 is 0 Å². The maximum absolute atomic E-state index is 11.5. The van der Waals surface area contributed by atoms with Crippen LogP contribution in [0.15, 0.2) is 0 Å². The van der Waals surface area contributed by atoms with Crippen molar-refractivity contribution in [3.05, 3.63) is 0 Å². The van der Waals surface area contributed by atoms with Gasteiger partial charge in [0.1, 0.15) is 0 Å². The van der Waals surface area contributed by atoms with E-state index < -0.39 is 5.97 Å². The lowest BCUT2D eigenvalue weighted by Gasteiger charge is -2.15. The average molecular weight is 228 g/mol.